The molecule has 0 fully saturated rings. The van der Waals surface area contributed by atoms with Crippen LogP contribution in [-0.2, 0) is 0 Å². The number of amides is 3. The lowest BCUT2D eigenvalue weighted by molar-refractivity contribution is -0.384. The van der Waals surface area contributed by atoms with E-state index in [-0.39, 0.29) is 43.8 Å². The van der Waals surface area contributed by atoms with Gasteiger partial charge >= 0.3 is 0 Å². The van der Waals surface area contributed by atoms with E-state index in [0.717, 1.165) is 11.0 Å². The van der Waals surface area contributed by atoms with E-state index in [1.54, 1.807) is 24.3 Å². The van der Waals surface area contributed by atoms with Gasteiger partial charge in [0.15, 0.2) is 0 Å². The average molecular weight is 456 g/mol. The minimum atomic E-state index is -0.620. The third-order valence-corrected chi connectivity index (χ3v) is 5.26. The van der Waals surface area contributed by atoms with Gasteiger partial charge in [0.05, 0.1) is 37.3 Å². The molecule has 1 aliphatic rings. The number of non-ortho nitro benzene ring substituents is 1. The smallest absolute Gasteiger partial charge is 0.270 e. The Bertz CT molecular complexity index is 1260. The van der Waals surface area contributed by atoms with E-state index in [1.165, 1.54) is 30.3 Å². The molecular weight excluding hydrogens is 445 g/mol. The molecule has 0 atom stereocenters. The molecule has 0 aliphatic carbocycles. The van der Waals surface area contributed by atoms with E-state index in [2.05, 4.69) is 5.32 Å². The SMILES string of the molecule is O=C(Nc1ccc(N2C(=O)c3ccccc3C2=O)c(Cl)c1)c1ccc([N+](=O)[O-])cc1Cl. The van der Waals surface area contributed by atoms with Crippen molar-refractivity contribution >= 4 is 58.0 Å². The van der Waals surface area contributed by atoms with Crippen LogP contribution in [0.3, 0.4) is 0 Å². The van der Waals surface area contributed by atoms with E-state index in [9.17, 15) is 24.5 Å². The fraction of sp³-hybridized carbons (Fsp3) is 0. The van der Waals surface area contributed by atoms with Crippen LogP contribution < -0.4 is 10.2 Å². The summed E-state index contributed by atoms with van der Waals surface area (Å²) in [6.45, 7) is 0. The molecule has 3 aromatic carbocycles. The number of carbonyl (C=O) groups is 3. The van der Waals surface area contributed by atoms with Gasteiger partial charge in [-0.15, -0.1) is 0 Å². The maximum absolute atomic E-state index is 12.6. The number of benzene rings is 3. The van der Waals surface area contributed by atoms with Crippen LogP contribution in [0.4, 0.5) is 17.1 Å². The van der Waals surface area contributed by atoms with Gasteiger partial charge in [-0.25, -0.2) is 4.90 Å². The Hall–Kier alpha value is -3.75. The number of nitrogens with zero attached hydrogens (tertiary/aromatic N) is 2. The Kier molecular flexibility index (Phi) is 5.18. The fourth-order valence-electron chi connectivity index (χ4n) is 3.17. The molecule has 0 saturated heterocycles. The summed E-state index contributed by atoms with van der Waals surface area (Å²) < 4.78 is 0. The quantitative estimate of drug-likeness (QED) is 0.339. The summed E-state index contributed by atoms with van der Waals surface area (Å²) in [6.07, 6.45) is 0. The minimum Gasteiger partial charge on any atom is -0.322 e. The Balaban J connectivity index is 1.58. The van der Waals surface area contributed by atoms with Crippen molar-refractivity contribution in [3.05, 3.63) is 97.5 Å². The first-order valence-corrected chi connectivity index (χ1v) is 9.56. The number of hydrogen-bond acceptors (Lipinski definition) is 5. The van der Waals surface area contributed by atoms with Crippen LogP contribution in [0.2, 0.25) is 10.0 Å². The maximum Gasteiger partial charge on any atom is 0.270 e. The summed E-state index contributed by atoms with van der Waals surface area (Å²) >= 11 is 12.3. The zero-order valence-electron chi connectivity index (χ0n) is 15.5. The van der Waals surface area contributed by atoms with Gasteiger partial charge in [-0.3, -0.25) is 24.5 Å². The molecule has 31 heavy (non-hydrogen) atoms. The number of nitro groups is 1. The fourth-order valence-corrected chi connectivity index (χ4v) is 3.70. The first-order valence-electron chi connectivity index (χ1n) is 8.80. The van der Waals surface area contributed by atoms with Gasteiger partial charge in [0.2, 0.25) is 0 Å². The van der Waals surface area contributed by atoms with Crippen molar-refractivity contribution in [2.75, 3.05) is 10.2 Å². The van der Waals surface area contributed by atoms with Gasteiger partial charge in [-0.1, -0.05) is 35.3 Å². The van der Waals surface area contributed by atoms with E-state index >= 15 is 0 Å². The van der Waals surface area contributed by atoms with Crippen molar-refractivity contribution in [3.63, 3.8) is 0 Å². The van der Waals surface area contributed by atoms with Crippen LogP contribution in [0.1, 0.15) is 31.1 Å². The summed E-state index contributed by atoms with van der Waals surface area (Å²) in [5, 5.41) is 13.4. The highest BCUT2D eigenvalue weighted by molar-refractivity contribution is 6.40. The van der Waals surface area contributed by atoms with Gasteiger partial charge in [0.1, 0.15) is 0 Å². The van der Waals surface area contributed by atoms with Crippen molar-refractivity contribution in [3.8, 4) is 0 Å². The van der Waals surface area contributed by atoms with Crippen LogP contribution in [-0.4, -0.2) is 22.6 Å². The van der Waals surface area contributed by atoms with Gasteiger partial charge in [0, 0.05) is 17.8 Å². The number of carbonyl (C=O) groups excluding carboxylic acids is 3. The lowest BCUT2D eigenvalue weighted by atomic mass is 10.1. The highest BCUT2D eigenvalue weighted by atomic mass is 35.5. The lowest BCUT2D eigenvalue weighted by Gasteiger charge is -2.16. The topological polar surface area (TPSA) is 110 Å². The number of hydrogen-bond donors (Lipinski definition) is 1. The summed E-state index contributed by atoms with van der Waals surface area (Å²) in [7, 11) is 0. The Morgan fingerprint density at radius 2 is 1.55 bits per heavy atom. The molecule has 0 saturated carbocycles. The summed E-state index contributed by atoms with van der Waals surface area (Å²) in [6, 6.07) is 14.2. The highest BCUT2D eigenvalue weighted by Gasteiger charge is 2.37. The van der Waals surface area contributed by atoms with Crippen molar-refractivity contribution in [2.45, 2.75) is 0 Å². The first kappa shape index (κ1) is 20.5. The van der Waals surface area contributed by atoms with Crippen molar-refractivity contribution in [1.29, 1.82) is 0 Å². The van der Waals surface area contributed by atoms with Crippen LogP contribution in [0.5, 0.6) is 0 Å². The highest BCUT2D eigenvalue weighted by Crippen LogP contribution is 2.35. The van der Waals surface area contributed by atoms with E-state index in [0.29, 0.717) is 0 Å². The van der Waals surface area contributed by atoms with Gasteiger partial charge < -0.3 is 5.32 Å². The number of fused-ring (bicyclic) bond motifs is 1. The van der Waals surface area contributed by atoms with Gasteiger partial charge in [0.25, 0.3) is 23.4 Å². The first-order chi connectivity index (χ1) is 14.8. The second-order valence-electron chi connectivity index (χ2n) is 6.53. The molecule has 10 heteroatoms. The predicted octanol–water partition coefficient (Wildman–Crippen LogP) is 4.95. The minimum absolute atomic E-state index is 0.0350. The van der Waals surface area contributed by atoms with Crippen molar-refractivity contribution in [2.24, 2.45) is 0 Å². The molecule has 1 N–H and O–H groups in total. The number of nitro benzene ring substituents is 1. The largest absolute Gasteiger partial charge is 0.322 e. The average Bonchev–Trinajstić information content (AvgIpc) is 2.99. The zero-order chi connectivity index (χ0) is 22.3. The van der Waals surface area contributed by atoms with E-state index < -0.39 is 22.6 Å². The number of halogens is 2. The van der Waals surface area contributed by atoms with Gasteiger partial charge in [-0.2, -0.15) is 0 Å². The Morgan fingerprint density at radius 1 is 0.903 bits per heavy atom. The van der Waals surface area contributed by atoms with E-state index in [1.807, 2.05) is 0 Å². The molecule has 0 aromatic heterocycles. The standard InChI is InChI=1S/C21H11Cl2N3O5/c22-16-10-12(26(30)31)6-7-15(16)19(27)24-11-5-8-18(17(23)9-11)25-20(28)13-3-1-2-4-14(13)21(25)29/h1-10H,(H,24,27). The molecule has 0 spiro atoms. The maximum atomic E-state index is 12.6. The number of nitrogens with one attached hydrogen (secondary N) is 1. The number of rotatable bonds is 4. The molecule has 8 nitrogen and oxygen atoms in total. The van der Waals surface area contributed by atoms with E-state index in [4.69, 9.17) is 23.2 Å². The second kappa shape index (κ2) is 7.82. The zero-order valence-corrected chi connectivity index (χ0v) is 17.0. The third kappa shape index (κ3) is 3.63. The predicted molar refractivity (Wildman–Crippen MR) is 115 cm³/mol. The number of anilines is 2. The monoisotopic (exact) mass is 455 g/mol. The van der Waals surface area contributed by atoms with Crippen LogP contribution in [0.25, 0.3) is 0 Å². The summed E-state index contributed by atoms with van der Waals surface area (Å²) in [5.74, 6) is -1.58. The molecule has 3 amide bonds. The Morgan fingerprint density at radius 3 is 2.10 bits per heavy atom. The summed E-state index contributed by atoms with van der Waals surface area (Å²) in [4.78, 5) is 48.9. The van der Waals surface area contributed by atoms with Crippen LogP contribution >= 0.6 is 23.2 Å². The molecule has 0 unspecified atom stereocenters. The van der Waals surface area contributed by atoms with Crippen LogP contribution in [0.15, 0.2) is 60.7 Å². The second-order valence-corrected chi connectivity index (χ2v) is 7.35. The molecule has 1 heterocycles. The molecular formula is C21H11Cl2N3O5. The molecule has 1 aliphatic heterocycles. The number of imide groups is 1. The van der Waals surface area contributed by atoms with Crippen molar-refractivity contribution < 1.29 is 19.3 Å². The van der Waals surface area contributed by atoms with Crippen LogP contribution in [0, 0.1) is 10.1 Å². The van der Waals surface area contributed by atoms with Crippen molar-refractivity contribution in [1.82, 2.24) is 0 Å². The Labute approximate surface area is 185 Å². The van der Waals surface area contributed by atoms with Gasteiger partial charge in [-0.05, 0) is 36.4 Å². The molecule has 4 rings (SSSR count). The molecule has 0 bridgehead atoms. The molecule has 154 valence electrons. The lowest BCUT2D eigenvalue weighted by Crippen LogP contribution is -2.29. The normalized spacial score (nSPS) is 12.6. The molecule has 0 radical (unpaired) electrons. The summed E-state index contributed by atoms with van der Waals surface area (Å²) in [5.41, 5.74) is 0.828. The third-order valence-electron chi connectivity index (χ3n) is 4.65. The molecule has 3 aromatic rings.